The lowest BCUT2D eigenvalue weighted by Gasteiger charge is -2.40. The number of ketones is 1. The Morgan fingerprint density at radius 1 is 1.19 bits per heavy atom. The van der Waals surface area contributed by atoms with E-state index in [0.29, 0.717) is 15.6 Å². The molecule has 0 bridgehead atoms. The molecule has 1 amide bonds. The zero-order valence-corrected chi connectivity index (χ0v) is 17.3. The van der Waals surface area contributed by atoms with Crippen LogP contribution in [0, 0.1) is 0 Å². The molecule has 0 spiro atoms. The Bertz CT molecular complexity index is 755. The highest BCUT2D eigenvalue weighted by Crippen LogP contribution is 2.39. The van der Waals surface area contributed by atoms with E-state index >= 15 is 0 Å². The molecule has 5 nitrogen and oxygen atoms in total. The zero-order chi connectivity index (χ0) is 19.0. The lowest BCUT2D eigenvalue weighted by atomic mass is 9.99. The molecule has 1 aromatic carbocycles. The number of amides is 1. The largest absolute Gasteiger partial charge is 0.379 e. The van der Waals surface area contributed by atoms with Crippen LogP contribution in [0.15, 0.2) is 12.1 Å². The van der Waals surface area contributed by atoms with Gasteiger partial charge in [0.15, 0.2) is 5.78 Å². The minimum absolute atomic E-state index is 0.0296. The molecule has 1 aliphatic carbocycles. The molecule has 0 aromatic heterocycles. The highest BCUT2D eigenvalue weighted by molar-refractivity contribution is 7.99. The highest BCUT2D eigenvalue weighted by Gasteiger charge is 2.40. The number of carbonyl (C=O) groups is 2. The van der Waals surface area contributed by atoms with E-state index < -0.39 is 5.92 Å². The molecule has 146 valence electrons. The van der Waals surface area contributed by atoms with Crippen molar-refractivity contribution in [2.45, 2.75) is 18.4 Å². The number of nitrogens with zero attached hydrogens (tertiary/aromatic N) is 2. The van der Waals surface area contributed by atoms with Crippen molar-refractivity contribution < 1.29 is 14.3 Å². The maximum absolute atomic E-state index is 13.4. The van der Waals surface area contributed by atoms with E-state index in [4.69, 9.17) is 27.9 Å². The Hall–Kier alpha value is -0.790. The molecule has 0 saturated carbocycles. The van der Waals surface area contributed by atoms with Crippen molar-refractivity contribution in [2.24, 2.45) is 0 Å². The van der Waals surface area contributed by atoms with Gasteiger partial charge in [0.2, 0.25) is 5.91 Å². The summed E-state index contributed by atoms with van der Waals surface area (Å²) < 4.78 is 5.43. The fourth-order valence-corrected chi connectivity index (χ4v) is 5.48. The Morgan fingerprint density at radius 2 is 1.93 bits per heavy atom. The van der Waals surface area contributed by atoms with E-state index in [0.717, 1.165) is 56.5 Å². The van der Waals surface area contributed by atoms with Crippen LogP contribution >= 0.6 is 35.0 Å². The molecule has 2 fully saturated rings. The Kier molecular flexibility index (Phi) is 6.00. The molecule has 1 aromatic rings. The first kappa shape index (κ1) is 19.5. The van der Waals surface area contributed by atoms with E-state index in [1.807, 2.05) is 16.7 Å². The quantitative estimate of drug-likeness (QED) is 0.740. The second-order valence-electron chi connectivity index (χ2n) is 7.21. The number of rotatable bonds is 3. The van der Waals surface area contributed by atoms with Gasteiger partial charge in [-0.05, 0) is 17.7 Å². The third-order valence-corrected chi connectivity index (χ3v) is 7.35. The normalized spacial score (nSPS) is 26.3. The van der Waals surface area contributed by atoms with Crippen molar-refractivity contribution in [1.82, 2.24) is 9.80 Å². The van der Waals surface area contributed by atoms with Crippen molar-refractivity contribution >= 4 is 46.7 Å². The van der Waals surface area contributed by atoms with Crippen LogP contribution in [0.3, 0.4) is 0 Å². The molecular formula is C19H22Cl2N2O3S. The van der Waals surface area contributed by atoms with Gasteiger partial charge < -0.3 is 9.64 Å². The number of benzene rings is 1. The Balaban J connectivity index is 1.54. The molecule has 2 unspecified atom stereocenters. The predicted molar refractivity (Wildman–Crippen MR) is 108 cm³/mol. The highest BCUT2D eigenvalue weighted by atomic mass is 35.5. The summed E-state index contributed by atoms with van der Waals surface area (Å²) in [5, 5.41) is 0.749. The maximum atomic E-state index is 13.4. The van der Waals surface area contributed by atoms with E-state index in [9.17, 15) is 9.59 Å². The summed E-state index contributed by atoms with van der Waals surface area (Å²) in [7, 11) is 0. The fourth-order valence-electron chi connectivity index (χ4n) is 4.10. The minimum atomic E-state index is -0.447. The van der Waals surface area contributed by atoms with Crippen LogP contribution in [-0.4, -0.2) is 78.4 Å². The maximum Gasteiger partial charge on any atom is 0.230 e. The van der Waals surface area contributed by atoms with E-state index in [1.54, 1.807) is 12.1 Å². The first-order valence-corrected chi connectivity index (χ1v) is 11.2. The van der Waals surface area contributed by atoms with Crippen LogP contribution in [0.1, 0.15) is 28.3 Å². The van der Waals surface area contributed by atoms with E-state index in [1.165, 1.54) is 0 Å². The molecule has 2 saturated heterocycles. The molecule has 2 heterocycles. The van der Waals surface area contributed by atoms with Crippen molar-refractivity contribution in [3.05, 3.63) is 33.3 Å². The van der Waals surface area contributed by atoms with Crippen LogP contribution in [0.5, 0.6) is 0 Å². The predicted octanol–water partition coefficient (Wildman–Crippen LogP) is 2.94. The van der Waals surface area contributed by atoms with Crippen molar-refractivity contribution in [3.63, 3.8) is 0 Å². The van der Waals surface area contributed by atoms with Crippen molar-refractivity contribution in [3.8, 4) is 0 Å². The topological polar surface area (TPSA) is 49.9 Å². The molecule has 2 aliphatic heterocycles. The molecule has 27 heavy (non-hydrogen) atoms. The number of halogens is 2. The summed E-state index contributed by atoms with van der Waals surface area (Å²) in [4.78, 5) is 30.2. The number of morpholine rings is 1. The molecule has 0 radical (unpaired) electrons. The lowest BCUT2D eigenvalue weighted by Crippen LogP contribution is -2.54. The second-order valence-corrected chi connectivity index (χ2v) is 9.17. The molecule has 0 N–H and O–H groups in total. The van der Waals surface area contributed by atoms with Gasteiger partial charge in [0.1, 0.15) is 0 Å². The summed E-state index contributed by atoms with van der Waals surface area (Å²) in [5.74, 6) is 1.42. The van der Waals surface area contributed by atoms with Gasteiger partial charge in [-0.3, -0.25) is 14.5 Å². The smallest absolute Gasteiger partial charge is 0.230 e. The lowest BCUT2D eigenvalue weighted by molar-refractivity contribution is -0.135. The molecule has 8 heteroatoms. The van der Waals surface area contributed by atoms with Gasteiger partial charge in [-0.1, -0.05) is 23.2 Å². The van der Waals surface area contributed by atoms with Gasteiger partial charge in [0, 0.05) is 49.7 Å². The number of thioether (sulfide) groups is 1. The van der Waals surface area contributed by atoms with Gasteiger partial charge in [-0.15, -0.1) is 0 Å². The molecule has 3 aliphatic rings. The van der Waals surface area contributed by atoms with Gasteiger partial charge in [-0.2, -0.15) is 11.8 Å². The van der Waals surface area contributed by atoms with Crippen molar-refractivity contribution in [2.75, 3.05) is 50.9 Å². The fraction of sp³-hybridized carbons (Fsp3) is 0.579. The summed E-state index contributed by atoms with van der Waals surface area (Å²) in [6, 6.07) is 3.46. The van der Waals surface area contributed by atoms with Gasteiger partial charge >= 0.3 is 0 Å². The Morgan fingerprint density at radius 3 is 2.70 bits per heavy atom. The minimum Gasteiger partial charge on any atom is -0.379 e. The number of hydrogen-bond acceptors (Lipinski definition) is 5. The third-order valence-electron chi connectivity index (χ3n) is 5.54. The summed E-state index contributed by atoms with van der Waals surface area (Å²) in [5.41, 5.74) is 1.27. The molecular weight excluding hydrogens is 407 g/mol. The first-order chi connectivity index (χ1) is 13.0. The van der Waals surface area contributed by atoms with Crippen molar-refractivity contribution in [1.29, 1.82) is 0 Å². The average Bonchev–Trinajstić information content (AvgIpc) is 2.99. The third kappa shape index (κ3) is 4.01. The summed E-state index contributed by atoms with van der Waals surface area (Å²) >= 11 is 14.1. The standard InChI is InChI=1S/C19H22Cl2N2O3S/c20-16-7-13-14(8-17(16)21)18(24)9-15(13)19(25)23-3-6-27-11-12(23)10-22-1-4-26-5-2-22/h7-8,12,15H,1-6,9-11H2. The molecule has 2 atom stereocenters. The molecule has 4 rings (SSSR count). The monoisotopic (exact) mass is 428 g/mol. The summed E-state index contributed by atoms with van der Waals surface area (Å²) in [6.07, 6.45) is 0.207. The van der Waals surface area contributed by atoms with E-state index in [2.05, 4.69) is 4.90 Å². The second kappa shape index (κ2) is 8.29. The van der Waals surface area contributed by atoms with Crippen LogP contribution in [0.2, 0.25) is 10.0 Å². The first-order valence-electron chi connectivity index (χ1n) is 9.25. The number of carbonyl (C=O) groups excluding carboxylic acids is 2. The van der Waals surface area contributed by atoms with Crippen LogP contribution in [-0.2, 0) is 9.53 Å². The Labute approximate surface area is 173 Å². The zero-order valence-electron chi connectivity index (χ0n) is 15.0. The number of ether oxygens (including phenoxy) is 1. The average molecular weight is 429 g/mol. The number of fused-ring (bicyclic) bond motifs is 1. The number of hydrogen-bond donors (Lipinski definition) is 0. The number of Topliss-reactive ketones (excluding diaryl/α,β-unsaturated/α-hetero) is 1. The van der Waals surface area contributed by atoms with Gasteiger partial charge in [0.25, 0.3) is 0 Å². The van der Waals surface area contributed by atoms with Crippen LogP contribution in [0.25, 0.3) is 0 Å². The van der Waals surface area contributed by atoms with Gasteiger partial charge in [0.05, 0.1) is 35.2 Å². The summed E-state index contributed by atoms with van der Waals surface area (Å²) in [6.45, 7) is 4.89. The SMILES string of the molecule is O=C1CC(C(=O)N2CCSCC2CN2CCOCC2)c2cc(Cl)c(Cl)cc21. The van der Waals surface area contributed by atoms with Crippen LogP contribution in [0.4, 0.5) is 0 Å². The van der Waals surface area contributed by atoms with Gasteiger partial charge in [-0.25, -0.2) is 0 Å². The van der Waals surface area contributed by atoms with Crippen LogP contribution < -0.4 is 0 Å². The van der Waals surface area contributed by atoms with E-state index in [-0.39, 0.29) is 24.2 Å².